The first-order valence-corrected chi connectivity index (χ1v) is 4.17. The van der Waals surface area contributed by atoms with Gasteiger partial charge in [-0.25, -0.2) is 0 Å². The number of hydrogen-bond donors (Lipinski definition) is 1. The molecule has 4 heteroatoms. The van der Waals surface area contributed by atoms with Gasteiger partial charge in [0.25, 0.3) is 0 Å². The van der Waals surface area contributed by atoms with Crippen LogP contribution in [0.15, 0.2) is 0 Å². The van der Waals surface area contributed by atoms with Crippen LogP contribution in [0.4, 0.5) is 4.79 Å². The van der Waals surface area contributed by atoms with Crippen LogP contribution in [0, 0.1) is 0 Å². The maximum absolute atomic E-state index is 10.4. The molecule has 1 fully saturated rings. The van der Waals surface area contributed by atoms with Crippen molar-refractivity contribution in [1.82, 2.24) is 5.32 Å². The minimum atomic E-state index is -0.299. The third-order valence-corrected chi connectivity index (χ3v) is 2.04. The second-order valence-corrected chi connectivity index (χ2v) is 3.14. The number of rotatable bonds is 1. The normalized spacial score (nSPS) is 18.5. The summed E-state index contributed by atoms with van der Waals surface area (Å²) in [4.78, 5) is 10.4. The first kappa shape index (κ1) is 12.3. The summed E-state index contributed by atoms with van der Waals surface area (Å²) in [5, 5.41) is 2.46. The van der Waals surface area contributed by atoms with Gasteiger partial charge in [0.1, 0.15) is 0 Å². The molecule has 0 saturated heterocycles. The van der Waals surface area contributed by atoms with E-state index in [9.17, 15) is 4.79 Å². The molecule has 0 atom stereocenters. The SMILES string of the molecule is O=C([S-])NC1CCCCC1.[K+]. The van der Waals surface area contributed by atoms with E-state index >= 15 is 0 Å². The van der Waals surface area contributed by atoms with Crippen molar-refractivity contribution in [2.75, 3.05) is 0 Å². The van der Waals surface area contributed by atoms with Crippen molar-refractivity contribution in [3.05, 3.63) is 0 Å². The summed E-state index contributed by atoms with van der Waals surface area (Å²) in [7, 11) is 0. The summed E-state index contributed by atoms with van der Waals surface area (Å²) in [6.07, 6.45) is 6.01. The first-order valence-electron chi connectivity index (χ1n) is 3.76. The molecule has 1 amide bonds. The maximum Gasteiger partial charge on any atom is 1.00 e. The number of carbonyl (C=O) groups is 1. The summed E-state index contributed by atoms with van der Waals surface area (Å²) in [5.41, 5.74) is 0. The maximum atomic E-state index is 10.4. The van der Waals surface area contributed by atoms with Crippen LogP contribution in [-0.4, -0.2) is 11.3 Å². The van der Waals surface area contributed by atoms with Gasteiger partial charge in [-0.2, -0.15) is 0 Å². The molecule has 0 unspecified atom stereocenters. The van der Waals surface area contributed by atoms with Crippen LogP contribution in [-0.2, 0) is 12.6 Å². The molecule has 0 bridgehead atoms. The molecule has 0 aromatic carbocycles. The average molecular weight is 197 g/mol. The second-order valence-electron chi connectivity index (χ2n) is 2.77. The molecular formula is C7H12KNOS. The molecule has 0 aromatic heterocycles. The Morgan fingerprint density at radius 2 is 1.82 bits per heavy atom. The van der Waals surface area contributed by atoms with E-state index in [1.807, 2.05) is 0 Å². The standard InChI is InChI=1S/C7H13NOS.K/c9-7(10)8-6-4-2-1-3-5-6;/h6H,1-5H2,(H2,8,9,10);/q;+1/p-1. The van der Waals surface area contributed by atoms with Gasteiger partial charge in [-0.1, -0.05) is 19.3 Å². The molecule has 1 aliphatic carbocycles. The Morgan fingerprint density at radius 3 is 2.27 bits per heavy atom. The van der Waals surface area contributed by atoms with Gasteiger partial charge in [-0.15, -0.1) is 0 Å². The van der Waals surface area contributed by atoms with Crippen molar-refractivity contribution < 1.29 is 56.2 Å². The van der Waals surface area contributed by atoms with E-state index in [1.165, 1.54) is 19.3 Å². The van der Waals surface area contributed by atoms with Crippen LogP contribution in [0.2, 0.25) is 0 Å². The topological polar surface area (TPSA) is 29.1 Å². The zero-order valence-electron chi connectivity index (χ0n) is 6.93. The van der Waals surface area contributed by atoms with Gasteiger partial charge in [0.15, 0.2) is 0 Å². The van der Waals surface area contributed by atoms with Crippen molar-refractivity contribution in [2.24, 2.45) is 0 Å². The summed E-state index contributed by atoms with van der Waals surface area (Å²) in [6, 6.07) is 0.374. The van der Waals surface area contributed by atoms with Gasteiger partial charge in [-0.3, -0.25) is 0 Å². The smallest absolute Gasteiger partial charge is 0.719 e. The second kappa shape index (κ2) is 6.80. The van der Waals surface area contributed by atoms with Crippen LogP contribution in [0.1, 0.15) is 32.1 Å². The Labute approximate surface area is 116 Å². The van der Waals surface area contributed by atoms with E-state index in [4.69, 9.17) is 0 Å². The van der Waals surface area contributed by atoms with Crippen LogP contribution in [0.5, 0.6) is 0 Å². The molecule has 0 aliphatic heterocycles. The average Bonchev–Trinajstić information content (AvgIpc) is 1.88. The minimum Gasteiger partial charge on any atom is -0.719 e. The van der Waals surface area contributed by atoms with Gasteiger partial charge in [0.2, 0.25) is 0 Å². The Bertz CT molecular complexity index is 126. The number of hydrogen-bond acceptors (Lipinski definition) is 2. The predicted octanol–water partition coefficient (Wildman–Crippen LogP) is -1.42. The zero-order valence-corrected chi connectivity index (χ0v) is 10.9. The van der Waals surface area contributed by atoms with Crippen molar-refractivity contribution in [1.29, 1.82) is 0 Å². The molecule has 2 nitrogen and oxygen atoms in total. The monoisotopic (exact) mass is 197 g/mol. The van der Waals surface area contributed by atoms with Gasteiger partial charge < -0.3 is 22.7 Å². The Kier molecular flexibility index (Phi) is 7.62. The zero-order chi connectivity index (χ0) is 7.40. The third kappa shape index (κ3) is 5.55. The van der Waals surface area contributed by atoms with E-state index in [0.717, 1.165) is 12.8 Å². The van der Waals surface area contributed by atoms with Crippen LogP contribution >= 0.6 is 0 Å². The Balaban J connectivity index is 0.000001000. The van der Waals surface area contributed by atoms with Crippen molar-refractivity contribution >= 4 is 17.9 Å². The van der Waals surface area contributed by atoms with Crippen LogP contribution < -0.4 is 56.7 Å². The fourth-order valence-corrected chi connectivity index (χ4v) is 1.58. The Hall–Kier alpha value is 1.33. The molecule has 1 aliphatic rings. The van der Waals surface area contributed by atoms with Crippen molar-refractivity contribution in [3.63, 3.8) is 0 Å². The third-order valence-electron chi connectivity index (χ3n) is 1.93. The van der Waals surface area contributed by atoms with Gasteiger partial charge in [0, 0.05) is 6.04 Å². The van der Waals surface area contributed by atoms with Gasteiger partial charge in [-0.05, 0) is 12.8 Å². The fourth-order valence-electron chi connectivity index (χ4n) is 1.41. The number of nitrogens with one attached hydrogen (secondary N) is 1. The van der Waals surface area contributed by atoms with Crippen molar-refractivity contribution in [2.45, 2.75) is 38.1 Å². The fraction of sp³-hybridized carbons (Fsp3) is 0.857. The Morgan fingerprint density at radius 1 is 1.27 bits per heavy atom. The van der Waals surface area contributed by atoms with Gasteiger partial charge >= 0.3 is 51.4 Å². The van der Waals surface area contributed by atoms with Crippen molar-refractivity contribution in [3.8, 4) is 0 Å². The van der Waals surface area contributed by atoms with E-state index in [2.05, 4.69) is 17.9 Å². The molecule has 0 aromatic rings. The van der Waals surface area contributed by atoms with E-state index in [-0.39, 0.29) is 56.6 Å². The molecule has 0 heterocycles. The molecule has 58 valence electrons. The van der Waals surface area contributed by atoms with Gasteiger partial charge in [0.05, 0.1) is 5.24 Å². The summed E-state index contributed by atoms with van der Waals surface area (Å²) < 4.78 is 0. The van der Waals surface area contributed by atoms with E-state index in [1.54, 1.807) is 0 Å². The molecule has 0 spiro atoms. The molecule has 1 N–H and O–H groups in total. The molecule has 1 saturated carbocycles. The van der Waals surface area contributed by atoms with E-state index < -0.39 is 0 Å². The molecular weight excluding hydrogens is 185 g/mol. The molecule has 0 radical (unpaired) electrons. The van der Waals surface area contributed by atoms with E-state index in [0.29, 0.717) is 6.04 Å². The quantitative estimate of drug-likeness (QED) is 0.413. The predicted molar refractivity (Wildman–Crippen MR) is 42.8 cm³/mol. The minimum absolute atomic E-state index is 0. The molecule has 11 heavy (non-hydrogen) atoms. The largest absolute Gasteiger partial charge is 1.00 e. The number of amides is 1. The first-order chi connectivity index (χ1) is 4.79. The summed E-state index contributed by atoms with van der Waals surface area (Å²) in [6.45, 7) is 0. The number of carbonyl (C=O) groups excluding carboxylic acids is 1. The summed E-state index contributed by atoms with van der Waals surface area (Å²) in [5.74, 6) is 0. The molecule has 1 rings (SSSR count). The van der Waals surface area contributed by atoms with Crippen LogP contribution in [0.3, 0.4) is 0 Å². The summed E-state index contributed by atoms with van der Waals surface area (Å²) >= 11 is 4.41. The van der Waals surface area contributed by atoms with Crippen LogP contribution in [0.25, 0.3) is 0 Å².